The fourth-order valence-corrected chi connectivity index (χ4v) is 1.15. The van der Waals surface area contributed by atoms with E-state index in [2.05, 4.69) is 0 Å². The minimum Gasteiger partial charge on any atom is -0.481 e. The van der Waals surface area contributed by atoms with E-state index in [-0.39, 0.29) is 18.1 Å². The van der Waals surface area contributed by atoms with Gasteiger partial charge in [0.25, 0.3) is 0 Å². The Kier molecular flexibility index (Phi) is 2.41. The molecule has 0 saturated carbocycles. The molecule has 11 heavy (non-hydrogen) atoms. The highest BCUT2D eigenvalue weighted by Gasteiger charge is 2.15. The van der Waals surface area contributed by atoms with E-state index in [1.54, 1.807) is 6.08 Å². The Morgan fingerprint density at radius 3 is 2.91 bits per heavy atom. The van der Waals surface area contributed by atoms with Gasteiger partial charge < -0.3 is 5.11 Å². The lowest BCUT2D eigenvalue weighted by Gasteiger charge is -2.12. The Bertz CT molecular complexity index is 205. The van der Waals surface area contributed by atoms with Crippen molar-refractivity contribution in [1.82, 2.24) is 0 Å². The monoisotopic (exact) mass is 154 g/mol. The topological polar surface area (TPSA) is 54.4 Å². The quantitative estimate of drug-likeness (QED) is 0.645. The number of allylic oxidation sites excluding steroid dienone is 2. The van der Waals surface area contributed by atoms with Crippen LogP contribution in [0.5, 0.6) is 0 Å². The highest BCUT2D eigenvalue weighted by molar-refractivity contribution is 5.90. The average Bonchev–Trinajstić information content (AvgIpc) is 1.93. The highest BCUT2D eigenvalue weighted by atomic mass is 16.4. The van der Waals surface area contributed by atoms with Gasteiger partial charge in [-0.05, 0) is 18.4 Å². The van der Waals surface area contributed by atoms with E-state index in [9.17, 15) is 9.59 Å². The summed E-state index contributed by atoms with van der Waals surface area (Å²) in [4.78, 5) is 20.9. The van der Waals surface area contributed by atoms with Crippen LogP contribution < -0.4 is 0 Å². The molecule has 0 aromatic carbocycles. The summed E-state index contributed by atoms with van der Waals surface area (Å²) in [5.74, 6) is -0.633. The van der Waals surface area contributed by atoms with Gasteiger partial charge >= 0.3 is 5.97 Å². The maximum absolute atomic E-state index is 10.7. The summed E-state index contributed by atoms with van der Waals surface area (Å²) in [6.07, 6.45) is 4.50. The SMILES string of the molecule is O=C(O)CC1C=CC(=O)CC1. The van der Waals surface area contributed by atoms with E-state index >= 15 is 0 Å². The fourth-order valence-electron chi connectivity index (χ4n) is 1.15. The summed E-state index contributed by atoms with van der Waals surface area (Å²) in [5, 5.41) is 8.41. The molecule has 0 spiro atoms. The lowest BCUT2D eigenvalue weighted by Crippen LogP contribution is -2.11. The second-order valence-corrected chi connectivity index (χ2v) is 2.72. The first-order valence-electron chi connectivity index (χ1n) is 3.61. The molecule has 0 aromatic rings. The number of carbonyl (C=O) groups excluding carboxylic acids is 1. The first-order valence-corrected chi connectivity index (χ1v) is 3.61. The molecule has 1 unspecified atom stereocenters. The molecule has 60 valence electrons. The van der Waals surface area contributed by atoms with Crippen LogP contribution in [0.4, 0.5) is 0 Å². The van der Waals surface area contributed by atoms with Crippen molar-refractivity contribution in [2.45, 2.75) is 19.3 Å². The van der Waals surface area contributed by atoms with Crippen LogP contribution in [-0.2, 0) is 9.59 Å². The smallest absolute Gasteiger partial charge is 0.303 e. The Balaban J connectivity index is 2.44. The fraction of sp³-hybridized carbons (Fsp3) is 0.500. The molecule has 1 atom stereocenters. The third-order valence-corrected chi connectivity index (χ3v) is 1.75. The molecule has 3 nitrogen and oxygen atoms in total. The van der Waals surface area contributed by atoms with Gasteiger partial charge in [-0.25, -0.2) is 0 Å². The van der Waals surface area contributed by atoms with Crippen molar-refractivity contribution in [3.05, 3.63) is 12.2 Å². The Hall–Kier alpha value is -1.12. The number of hydrogen-bond acceptors (Lipinski definition) is 2. The van der Waals surface area contributed by atoms with Crippen molar-refractivity contribution < 1.29 is 14.7 Å². The van der Waals surface area contributed by atoms with Crippen molar-refractivity contribution in [3.8, 4) is 0 Å². The van der Waals surface area contributed by atoms with E-state index in [1.165, 1.54) is 6.08 Å². The molecular formula is C8H10O3. The number of hydrogen-bond donors (Lipinski definition) is 1. The minimum atomic E-state index is -0.797. The molecule has 0 fully saturated rings. The molecule has 0 radical (unpaired) electrons. The third-order valence-electron chi connectivity index (χ3n) is 1.75. The number of rotatable bonds is 2. The number of carboxylic acid groups (broad SMARTS) is 1. The maximum Gasteiger partial charge on any atom is 0.303 e. The predicted molar refractivity (Wildman–Crippen MR) is 39.1 cm³/mol. The van der Waals surface area contributed by atoms with Gasteiger partial charge in [-0.3, -0.25) is 9.59 Å². The third kappa shape index (κ3) is 2.53. The summed E-state index contributed by atoms with van der Waals surface area (Å²) < 4.78 is 0. The molecule has 0 saturated heterocycles. The van der Waals surface area contributed by atoms with E-state index < -0.39 is 5.97 Å². The molecule has 0 amide bonds. The number of carbonyl (C=O) groups is 2. The van der Waals surface area contributed by atoms with Crippen LogP contribution in [0.15, 0.2) is 12.2 Å². The van der Waals surface area contributed by atoms with Crippen LogP contribution in [-0.4, -0.2) is 16.9 Å². The van der Waals surface area contributed by atoms with Crippen LogP contribution in [0.2, 0.25) is 0 Å². The van der Waals surface area contributed by atoms with Crippen LogP contribution in [0, 0.1) is 5.92 Å². The van der Waals surface area contributed by atoms with Gasteiger partial charge in [0.2, 0.25) is 0 Å². The van der Waals surface area contributed by atoms with E-state index in [0.29, 0.717) is 12.8 Å². The Labute approximate surface area is 64.7 Å². The van der Waals surface area contributed by atoms with Crippen LogP contribution in [0.3, 0.4) is 0 Å². The summed E-state index contributed by atoms with van der Waals surface area (Å²) in [6, 6.07) is 0. The Morgan fingerprint density at radius 2 is 2.45 bits per heavy atom. The summed E-state index contributed by atoms with van der Waals surface area (Å²) in [6.45, 7) is 0. The number of aliphatic carboxylic acids is 1. The lowest BCUT2D eigenvalue weighted by molar-refractivity contribution is -0.138. The Morgan fingerprint density at radius 1 is 1.73 bits per heavy atom. The molecule has 0 bridgehead atoms. The molecule has 3 heteroatoms. The maximum atomic E-state index is 10.7. The van der Waals surface area contributed by atoms with E-state index in [0.717, 1.165) is 0 Å². The molecule has 0 aliphatic heterocycles. The molecule has 1 N–H and O–H groups in total. The zero-order chi connectivity index (χ0) is 8.27. The predicted octanol–water partition coefficient (Wildman–Crippen LogP) is 0.996. The normalized spacial score (nSPS) is 23.6. The molecule has 0 aromatic heterocycles. The zero-order valence-corrected chi connectivity index (χ0v) is 6.12. The molecule has 0 heterocycles. The summed E-state index contributed by atoms with van der Waals surface area (Å²) in [5.41, 5.74) is 0. The van der Waals surface area contributed by atoms with Crippen LogP contribution >= 0.6 is 0 Å². The first-order chi connectivity index (χ1) is 5.18. The summed E-state index contributed by atoms with van der Waals surface area (Å²) in [7, 11) is 0. The highest BCUT2D eigenvalue weighted by Crippen LogP contribution is 2.17. The molecule has 1 aliphatic carbocycles. The van der Waals surface area contributed by atoms with E-state index in [4.69, 9.17) is 5.11 Å². The molecular weight excluding hydrogens is 144 g/mol. The first kappa shape index (κ1) is 7.98. The zero-order valence-electron chi connectivity index (χ0n) is 6.12. The van der Waals surface area contributed by atoms with Gasteiger partial charge in [0.1, 0.15) is 0 Å². The van der Waals surface area contributed by atoms with Gasteiger partial charge in [-0.15, -0.1) is 0 Å². The van der Waals surface area contributed by atoms with Gasteiger partial charge in [0.05, 0.1) is 6.42 Å². The van der Waals surface area contributed by atoms with Gasteiger partial charge in [-0.1, -0.05) is 6.08 Å². The molecule has 1 rings (SSSR count). The second kappa shape index (κ2) is 3.32. The largest absolute Gasteiger partial charge is 0.481 e. The minimum absolute atomic E-state index is 0.0604. The molecule has 1 aliphatic rings. The number of carboxylic acids is 1. The second-order valence-electron chi connectivity index (χ2n) is 2.72. The van der Waals surface area contributed by atoms with Gasteiger partial charge in [-0.2, -0.15) is 0 Å². The van der Waals surface area contributed by atoms with Crippen molar-refractivity contribution in [3.63, 3.8) is 0 Å². The van der Waals surface area contributed by atoms with Crippen molar-refractivity contribution >= 4 is 11.8 Å². The van der Waals surface area contributed by atoms with E-state index in [1.807, 2.05) is 0 Å². The van der Waals surface area contributed by atoms with Gasteiger partial charge in [0.15, 0.2) is 5.78 Å². The summed E-state index contributed by atoms with van der Waals surface area (Å²) >= 11 is 0. The van der Waals surface area contributed by atoms with Crippen molar-refractivity contribution in [2.75, 3.05) is 0 Å². The average molecular weight is 154 g/mol. The van der Waals surface area contributed by atoms with Crippen molar-refractivity contribution in [1.29, 1.82) is 0 Å². The number of ketones is 1. The van der Waals surface area contributed by atoms with Crippen LogP contribution in [0.25, 0.3) is 0 Å². The van der Waals surface area contributed by atoms with Crippen molar-refractivity contribution in [2.24, 2.45) is 5.92 Å². The lowest BCUT2D eigenvalue weighted by atomic mass is 9.93. The van der Waals surface area contributed by atoms with Gasteiger partial charge in [0, 0.05) is 6.42 Å². The van der Waals surface area contributed by atoms with Crippen LogP contribution in [0.1, 0.15) is 19.3 Å². The standard InChI is InChI=1S/C8H10O3/c9-7-3-1-6(2-4-7)5-8(10)11/h1,3,6H,2,4-5H2,(H,10,11).